The fraction of sp³-hybridized carbons (Fsp3) is 0.412. The Kier molecular flexibility index (Phi) is 5.06. The summed E-state index contributed by atoms with van der Waals surface area (Å²) < 4.78 is 31.7. The Labute approximate surface area is 129 Å². The molecule has 5 heteroatoms. The first-order valence-corrected chi connectivity index (χ1v) is 7.32. The van der Waals surface area contributed by atoms with E-state index in [-0.39, 0.29) is 18.4 Å². The highest BCUT2D eigenvalue weighted by molar-refractivity contribution is 5.22. The van der Waals surface area contributed by atoms with E-state index in [1.165, 1.54) is 6.07 Å². The lowest BCUT2D eigenvalue weighted by atomic mass is 10.1. The van der Waals surface area contributed by atoms with E-state index in [1.54, 1.807) is 6.07 Å². The third-order valence-electron chi connectivity index (χ3n) is 3.22. The van der Waals surface area contributed by atoms with Crippen LogP contribution in [0.1, 0.15) is 56.6 Å². The van der Waals surface area contributed by atoms with Gasteiger partial charge in [0.2, 0.25) is 5.88 Å². The second-order valence-electron chi connectivity index (χ2n) is 5.84. The Morgan fingerprint density at radius 2 is 1.68 bits per heavy atom. The Morgan fingerprint density at radius 3 is 2.27 bits per heavy atom. The average Bonchev–Trinajstić information content (AvgIpc) is 2.48. The monoisotopic (exact) mass is 306 g/mol. The Balaban J connectivity index is 2.19. The predicted molar refractivity (Wildman–Crippen MR) is 80.9 cm³/mol. The molecule has 0 amide bonds. The van der Waals surface area contributed by atoms with Crippen molar-refractivity contribution in [1.82, 2.24) is 9.97 Å². The first-order chi connectivity index (χ1) is 10.4. The first-order valence-electron chi connectivity index (χ1n) is 7.32. The van der Waals surface area contributed by atoms with Crippen LogP contribution in [0.25, 0.3) is 0 Å². The minimum absolute atomic E-state index is 0.128. The molecule has 0 aliphatic carbocycles. The highest BCUT2D eigenvalue weighted by Crippen LogP contribution is 2.21. The molecule has 0 aliphatic rings. The largest absolute Gasteiger partial charge is 0.473 e. The zero-order valence-electron chi connectivity index (χ0n) is 13.2. The lowest BCUT2D eigenvalue weighted by molar-refractivity contribution is 0.290. The van der Waals surface area contributed by atoms with Crippen LogP contribution in [-0.4, -0.2) is 9.97 Å². The van der Waals surface area contributed by atoms with Crippen LogP contribution in [-0.2, 0) is 6.61 Å². The molecule has 2 rings (SSSR count). The van der Waals surface area contributed by atoms with Crippen molar-refractivity contribution >= 4 is 0 Å². The number of rotatable bonds is 5. The standard InChI is InChI=1S/C17H20F2N2O/c1-10(2)15-8-16(21-17(20-15)11(3)4)22-9-12-5-6-13(18)14(19)7-12/h5-8,10-11H,9H2,1-4H3. The van der Waals surface area contributed by atoms with Crippen molar-refractivity contribution in [3.63, 3.8) is 0 Å². The van der Waals surface area contributed by atoms with E-state index < -0.39 is 11.6 Å². The van der Waals surface area contributed by atoms with Crippen LogP contribution in [0.15, 0.2) is 24.3 Å². The maximum atomic E-state index is 13.2. The second kappa shape index (κ2) is 6.81. The molecule has 0 aliphatic heterocycles. The second-order valence-corrected chi connectivity index (χ2v) is 5.84. The first kappa shape index (κ1) is 16.3. The van der Waals surface area contributed by atoms with E-state index in [0.29, 0.717) is 17.3 Å². The summed E-state index contributed by atoms with van der Waals surface area (Å²) in [5, 5.41) is 0. The number of hydrogen-bond acceptors (Lipinski definition) is 3. The third-order valence-corrected chi connectivity index (χ3v) is 3.22. The molecule has 1 heterocycles. The minimum Gasteiger partial charge on any atom is -0.473 e. The number of aromatic nitrogens is 2. The van der Waals surface area contributed by atoms with Crippen LogP contribution in [0.3, 0.4) is 0 Å². The van der Waals surface area contributed by atoms with Crippen molar-refractivity contribution in [2.45, 2.75) is 46.1 Å². The van der Waals surface area contributed by atoms with E-state index in [1.807, 2.05) is 27.7 Å². The number of hydrogen-bond donors (Lipinski definition) is 0. The molecule has 0 N–H and O–H groups in total. The molecule has 1 aromatic heterocycles. The van der Waals surface area contributed by atoms with Crippen LogP contribution >= 0.6 is 0 Å². The lowest BCUT2D eigenvalue weighted by Gasteiger charge is -2.13. The Morgan fingerprint density at radius 1 is 0.955 bits per heavy atom. The van der Waals surface area contributed by atoms with Gasteiger partial charge in [-0.25, -0.2) is 13.8 Å². The molecule has 2 aromatic rings. The lowest BCUT2D eigenvalue weighted by Crippen LogP contribution is -2.06. The van der Waals surface area contributed by atoms with E-state index in [2.05, 4.69) is 9.97 Å². The fourth-order valence-corrected chi connectivity index (χ4v) is 1.88. The molecule has 0 bridgehead atoms. The van der Waals surface area contributed by atoms with Gasteiger partial charge in [-0.1, -0.05) is 33.8 Å². The summed E-state index contributed by atoms with van der Waals surface area (Å²) in [6.07, 6.45) is 0. The van der Waals surface area contributed by atoms with Gasteiger partial charge in [0.25, 0.3) is 0 Å². The molecule has 0 radical (unpaired) electrons. The Bertz CT molecular complexity index is 631. The quantitative estimate of drug-likeness (QED) is 0.811. The molecule has 22 heavy (non-hydrogen) atoms. The number of halogens is 2. The van der Waals surface area contributed by atoms with Crippen molar-refractivity contribution < 1.29 is 13.5 Å². The summed E-state index contributed by atoms with van der Waals surface area (Å²) in [7, 11) is 0. The van der Waals surface area contributed by atoms with Crippen molar-refractivity contribution in [3.8, 4) is 5.88 Å². The fourth-order valence-electron chi connectivity index (χ4n) is 1.88. The summed E-state index contributed by atoms with van der Waals surface area (Å²) >= 11 is 0. The summed E-state index contributed by atoms with van der Waals surface area (Å²) in [6, 6.07) is 5.50. The van der Waals surface area contributed by atoms with Gasteiger partial charge in [-0.15, -0.1) is 0 Å². The zero-order chi connectivity index (χ0) is 16.3. The van der Waals surface area contributed by atoms with E-state index in [4.69, 9.17) is 4.74 Å². The van der Waals surface area contributed by atoms with Gasteiger partial charge >= 0.3 is 0 Å². The third kappa shape index (κ3) is 4.00. The van der Waals surface area contributed by atoms with Crippen molar-refractivity contribution in [2.75, 3.05) is 0 Å². The summed E-state index contributed by atoms with van der Waals surface area (Å²) in [6.45, 7) is 8.25. The van der Waals surface area contributed by atoms with Gasteiger partial charge in [-0.3, -0.25) is 0 Å². The molecule has 1 aromatic carbocycles. The van der Waals surface area contributed by atoms with Crippen molar-refractivity contribution in [3.05, 3.63) is 53.0 Å². The molecule has 0 unspecified atom stereocenters. The SMILES string of the molecule is CC(C)c1cc(OCc2ccc(F)c(F)c2)nc(C(C)C)n1. The minimum atomic E-state index is -0.880. The normalized spacial score (nSPS) is 11.3. The van der Waals surface area contributed by atoms with Crippen LogP contribution in [0.2, 0.25) is 0 Å². The van der Waals surface area contributed by atoms with Gasteiger partial charge in [0.05, 0.1) is 5.69 Å². The molecule has 118 valence electrons. The topological polar surface area (TPSA) is 35.0 Å². The van der Waals surface area contributed by atoms with E-state index in [9.17, 15) is 8.78 Å². The molecule has 0 atom stereocenters. The van der Waals surface area contributed by atoms with Crippen LogP contribution < -0.4 is 4.74 Å². The molecule has 0 saturated heterocycles. The maximum Gasteiger partial charge on any atom is 0.217 e. The molecular weight excluding hydrogens is 286 g/mol. The molecule has 0 saturated carbocycles. The van der Waals surface area contributed by atoms with Crippen LogP contribution in [0.5, 0.6) is 5.88 Å². The Hall–Kier alpha value is -2.04. The molecular formula is C17H20F2N2O. The molecule has 3 nitrogen and oxygen atoms in total. The van der Waals surface area contributed by atoms with Gasteiger partial charge in [-0.05, 0) is 23.6 Å². The van der Waals surface area contributed by atoms with E-state index >= 15 is 0 Å². The molecule has 0 fully saturated rings. The maximum absolute atomic E-state index is 13.2. The average molecular weight is 306 g/mol. The summed E-state index contributed by atoms with van der Waals surface area (Å²) in [5.41, 5.74) is 1.45. The predicted octanol–water partition coefficient (Wildman–Crippen LogP) is 4.58. The van der Waals surface area contributed by atoms with Gasteiger partial charge < -0.3 is 4.74 Å². The van der Waals surface area contributed by atoms with E-state index in [0.717, 1.165) is 17.8 Å². The van der Waals surface area contributed by atoms with Gasteiger partial charge in [-0.2, -0.15) is 4.98 Å². The smallest absolute Gasteiger partial charge is 0.217 e. The molecule has 0 spiro atoms. The van der Waals surface area contributed by atoms with Gasteiger partial charge in [0.1, 0.15) is 12.4 Å². The van der Waals surface area contributed by atoms with Gasteiger partial charge in [0.15, 0.2) is 11.6 Å². The van der Waals surface area contributed by atoms with Crippen molar-refractivity contribution in [1.29, 1.82) is 0 Å². The number of ether oxygens (including phenoxy) is 1. The highest BCUT2D eigenvalue weighted by Gasteiger charge is 2.12. The van der Waals surface area contributed by atoms with Crippen LogP contribution in [0.4, 0.5) is 8.78 Å². The summed E-state index contributed by atoms with van der Waals surface area (Å²) in [4.78, 5) is 8.88. The summed E-state index contributed by atoms with van der Waals surface area (Å²) in [5.74, 6) is -0.140. The van der Waals surface area contributed by atoms with Crippen molar-refractivity contribution in [2.24, 2.45) is 0 Å². The van der Waals surface area contributed by atoms with Crippen LogP contribution in [0, 0.1) is 11.6 Å². The van der Waals surface area contributed by atoms with Gasteiger partial charge in [0, 0.05) is 12.0 Å². The highest BCUT2D eigenvalue weighted by atomic mass is 19.2. The number of nitrogens with zero attached hydrogens (tertiary/aromatic N) is 2. The zero-order valence-corrected chi connectivity index (χ0v) is 13.2. The number of benzene rings is 1.